The summed E-state index contributed by atoms with van der Waals surface area (Å²) in [6, 6.07) is 8.84. The van der Waals surface area contributed by atoms with Gasteiger partial charge in [0.05, 0.1) is 22.8 Å². The predicted octanol–water partition coefficient (Wildman–Crippen LogP) is 8.45. The van der Waals surface area contributed by atoms with E-state index in [1.807, 2.05) is 0 Å². The summed E-state index contributed by atoms with van der Waals surface area (Å²) in [5.74, 6) is 0. The van der Waals surface area contributed by atoms with Gasteiger partial charge in [-0.1, -0.05) is 24.3 Å². The summed E-state index contributed by atoms with van der Waals surface area (Å²) in [5, 5.41) is 0. The minimum absolute atomic E-state index is 0. The third-order valence-electron chi connectivity index (χ3n) is 10.3. The summed E-state index contributed by atoms with van der Waals surface area (Å²) in [5.41, 5.74) is 17.1. The fraction of sp³-hybridized carbons (Fsp3) is 0.182. The molecule has 6 aliphatic heterocycles. The lowest BCUT2D eigenvalue weighted by Crippen LogP contribution is -2.17. The summed E-state index contributed by atoms with van der Waals surface area (Å²) >= 11 is 0. The number of allylic oxidation sites excluding steroid dienone is 8. The molecule has 0 unspecified atom stereocenters. The van der Waals surface area contributed by atoms with Gasteiger partial charge in [0, 0.05) is 98.7 Å². The van der Waals surface area contributed by atoms with Gasteiger partial charge < -0.3 is 29.6 Å². The summed E-state index contributed by atoms with van der Waals surface area (Å²) in [4.78, 5) is 27.5. The van der Waals surface area contributed by atoms with Crippen LogP contribution < -0.4 is 0 Å². The number of hydrogen-bond donors (Lipinski definition) is 2. The van der Waals surface area contributed by atoms with Crippen LogP contribution in [0.1, 0.15) is 45.0 Å². The van der Waals surface area contributed by atoms with Gasteiger partial charge in [0.2, 0.25) is 0 Å². The van der Waals surface area contributed by atoms with Gasteiger partial charge >= 0.3 is 0 Å². The molecule has 0 spiro atoms. The molecule has 0 aliphatic carbocycles. The summed E-state index contributed by atoms with van der Waals surface area (Å²) in [6.07, 6.45) is 34.6. The molecule has 0 radical (unpaired) electrons. The van der Waals surface area contributed by atoms with E-state index < -0.39 is 0 Å². The lowest BCUT2D eigenvalue weighted by Gasteiger charge is -2.21. The van der Waals surface area contributed by atoms with Gasteiger partial charge in [-0.05, 0) is 120 Å². The Morgan fingerprint density at radius 3 is 0.887 bits per heavy atom. The molecular formula is C44H43ClN8. The average molecular weight is 719 g/mol. The Labute approximate surface area is 316 Å². The molecule has 0 saturated heterocycles. The van der Waals surface area contributed by atoms with Gasteiger partial charge in [0.15, 0.2) is 0 Å². The largest absolute Gasteiger partial charge is 0.376 e. The van der Waals surface area contributed by atoms with Crippen LogP contribution >= 0.6 is 12.4 Å². The number of H-pyrrole nitrogens is 2. The molecule has 3 aromatic heterocycles. The Morgan fingerprint density at radius 1 is 0.415 bits per heavy atom. The second-order valence-corrected chi connectivity index (χ2v) is 14.3. The maximum atomic E-state index is 5.46. The summed E-state index contributed by atoms with van der Waals surface area (Å²) < 4.78 is 0. The Kier molecular flexibility index (Phi) is 8.92. The molecule has 8 bridgehead atoms. The minimum atomic E-state index is 0. The van der Waals surface area contributed by atoms with Crippen LogP contribution in [0.15, 0.2) is 97.7 Å². The average Bonchev–Trinajstić information content (AvgIpc) is 3.96. The van der Waals surface area contributed by atoms with Crippen molar-refractivity contribution in [2.75, 3.05) is 54.4 Å². The molecule has 266 valence electrons. The van der Waals surface area contributed by atoms with E-state index in [1.54, 1.807) is 0 Å². The summed E-state index contributed by atoms with van der Waals surface area (Å²) in [6.45, 7) is 3.13. The van der Waals surface area contributed by atoms with Crippen LogP contribution in [-0.2, 0) is 0 Å². The van der Waals surface area contributed by atoms with E-state index in [4.69, 9.17) is 9.97 Å². The molecule has 0 amide bonds. The highest BCUT2D eigenvalue weighted by molar-refractivity contribution is 5.97. The number of nitrogens with one attached hydrogen (secondary N) is 2. The minimum Gasteiger partial charge on any atom is -0.376 e. The van der Waals surface area contributed by atoms with E-state index in [-0.39, 0.29) is 12.4 Å². The van der Waals surface area contributed by atoms with E-state index in [0.717, 1.165) is 93.3 Å². The molecule has 9 rings (SSSR count). The van der Waals surface area contributed by atoms with Crippen molar-refractivity contribution in [1.82, 2.24) is 39.5 Å². The maximum absolute atomic E-state index is 5.46. The van der Waals surface area contributed by atoms with Crippen molar-refractivity contribution < 1.29 is 0 Å². The van der Waals surface area contributed by atoms with Crippen molar-refractivity contribution in [3.05, 3.63) is 143 Å². The van der Waals surface area contributed by atoms with Crippen molar-refractivity contribution in [2.24, 2.45) is 0 Å². The second-order valence-electron chi connectivity index (χ2n) is 14.3. The van der Waals surface area contributed by atoms with Crippen LogP contribution in [0.3, 0.4) is 0 Å². The number of hydrogen-bond acceptors (Lipinski definition) is 6. The molecule has 3 aromatic rings. The Balaban J connectivity index is 0.00000400. The SMILES string of the molecule is CN1C=CC=C(c2c3nc(c(C4=CC=CN(C)C4)c4ccc([nH]4)c(C4=CC=CN(C)C4)c4nc(c(C5=CC=CN(C)C5)c5ccc2[nH]5)C=C4)C=C3)C1.Cl. The zero-order valence-electron chi connectivity index (χ0n) is 30.5. The van der Waals surface area contributed by atoms with Crippen molar-refractivity contribution in [2.45, 2.75) is 0 Å². The van der Waals surface area contributed by atoms with Crippen LogP contribution in [0.5, 0.6) is 0 Å². The van der Waals surface area contributed by atoms with Crippen molar-refractivity contribution in [3.8, 4) is 0 Å². The number of likely N-dealkylation sites (N-methyl/N-ethyl adjacent to an activating group) is 4. The molecule has 8 nitrogen and oxygen atoms in total. The lowest BCUT2D eigenvalue weighted by molar-refractivity contribution is 0.512. The molecule has 9 heterocycles. The molecule has 6 aliphatic rings. The van der Waals surface area contributed by atoms with E-state index >= 15 is 0 Å². The highest BCUT2D eigenvalue weighted by Crippen LogP contribution is 2.36. The van der Waals surface area contributed by atoms with E-state index in [9.17, 15) is 0 Å². The van der Waals surface area contributed by atoms with Gasteiger partial charge in [-0.15, -0.1) is 12.4 Å². The quantitative estimate of drug-likeness (QED) is 0.194. The van der Waals surface area contributed by atoms with Crippen LogP contribution in [0.25, 0.3) is 68.7 Å². The van der Waals surface area contributed by atoms with Gasteiger partial charge in [-0.25, -0.2) is 9.97 Å². The number of aromatic amines is 2. The molecule has 53 heavy (non-hydrogen) atoms. The standard InChI is InChI=1S/C44H42N8.ClH/c1-49-21-5-9-29(25-49)41-33-13-15-35(45-33)42(30-10-6-22-50(2)26-30)37-17-19-39(47-37)44(32-12-8-24-52(4)28-32)40-20-18-38(48-40)43(36-16-14-34(41)46-36)31-11-7-23-51(3)27-31;/h5-24,45,48H,25-28H2,1-4H3;1H. The molecular weight excluding hydrogens is 676 g/mol. The smallest absolute Gasteiger partial charge is 0.0734 e. The number of halogens is 1. The molecule has 0 fully saturated rings. The van der Waals surface area contributed by atoms with Gasteiger partial charge in [0.1, 0.15) is 0 Å². The Bertz CT molecular complexity index is 2160. The predicted molar refractivity (Wildman–Crippen MR) is 225 cm³/mol. The fourth-order valence-corrected chi connectivity index (χ4v) is 7.93. The highest BCUT2D eigenvalue weighted by Gasteiger charge is 2.23. The van der Waals surface area contributed by atoms with Gasteiger partial charge in [-0.2, -0.15) is 0 Å². The molecule has 0 aromatic carbocycles. The third kappa shape index (κ3) is 6.40. The normalized spacial score (nSPS) is 17.6. The van der Waals surface area contributed by atoms with E-state index in [1.165, 1.54) is 22.3 Å². The van der Waals surface area contributed by atoms with Gasteiger partial charge in [-0.3, -0.25) is 0 Å². The first-order valence-corrected chi connectivity index (χ1v) is 17.9. The van der Waals surface area contributed by atoms with E-state index in [0.29, 0.717) is 0 Å². The van der Waals surface area contributed by atoms with Crippen LogP contribution in [0, 0.1) is 0 Å². The first-order chi connectivity index (χ1) is 25.4. The van der Waals surface area contributed by atoms with Crippen molar-refractivity contribution >= 4 is 81.1 Å². The number of fused-ring (bicyclic) bond motifs is 8. The van der Waals surface area contributed by atoms with Crippen molar-refractivity contribution in [3.63, 3.8) is 0 Å². The first kappa shape index (κ1) is 34.1. The monoisotopic (exact) mass is 718 g/mol. The Hall–Kier alpha value is -5.99. The summed E-state index contributed by atoms with van der Waals surface area (Å²) in [7, 11) is 8.46. The molecule has 9 heteroatoms. The molecule has 0 atom stereocenters. The van der Waals surface area contributed by atoms with Crippen LogP contribution in [0.4, 0.5) is 0 Å². The maximum Gasteiger partial charge on any atom is 0.0734 e. The lowest BCUT2D eigenvalue weighted by atomic mass is 10.0. The topological polar surface area (TPSA) is 70.3 Å². The highest BCUT2D eigenvalue weighted by atomic mass is 35.5. The zero-order valence-corrected chi connectivity index (χ0v) is 31.3. The first-order valence-electron chi connectivity index (χ1n) is 17.9. The second kappa shape index (κ2) is 13.9. The Morgan fingerprint density at radius 2 is 0.660 bits per heavy atom. The molecule has 0 saturated carbocycles. The number of aromatic nitrogens is 4. The zero-order chi connectivity index (χ0) is 35.3. The van der Waals surface area contributed by atoms with E-state index in [2.05, 4.69) is 180 Å². The number of nitrogens with zero attached hydrogens (tertiary/aromatic N) is 6. The third-order valence-corrected chi connectivity index (χ3v) is 10.3. The fourth-order valence-electron chi connectivity index (χ4n) is 7.93. The van der Waals surface area contributed by atoms with Crippen molar-refractivity contribution in [1.29, 1.82) is 0 Å². The van der Waals surface area contributed by atoms with Gasteiger partial charge in [0.25, 0.3) is 0 Å². The molecule has 2 N–H and O–H groups in total. The van der Waals surface area contributed by atoms with Crippen LogP contribution in [-0.4, -0.2) is 93.9 Å². The van der Waals surface area contributed by atoms with Crippen LogP contribution in [0.2, 0.25) is 0 Å². The number of rotatable bonds is 4.